The second-order valence-corrected chi connectivity index (χ2v) is 3.78. The Balaban J connectivity index is 2.20. The fourth-order valence-electron chi connectivity index (χ4n) is 1.57. The summed E-state index contributed by atoms with van der Waals surface area (Å²) in [5.41, 5.74) is 0. The van der Waals surface area contributed by atoms with Crippen molar-refractivity contribution in [3.63, 3.8) is 0 Å². The molecule has 0 aromatic carbocycles. The van der Waals surface area contributed by atoms with Gasteiger partial charge in [0.15, 0.2) is 0 Å². The summed E-state index contributed by atoms with van der Waals surface area (Å²) in [6.07, 6.45) is 10.2. The summed E-state index contributed by atoms with van der Waals surface area (Å²) < 4.78 is 2.06. The van der Waals surface area contributed by atoms with Crippen molar-refractivity contribution in [3.05, 3.63) is 18.7 Å². The molecular formula is C11H20N2O. The van der Waals surface area contributed by atoms with Crippen LogP contribution in [0.25, 0.3) is 0 Å². The second kappa shape index (κ2) is 6.60. The molecule has 0 saturated heterocycles. The molecule has 1 atom stereocenters. The monoisotopic (exact) mass is 196 g/mol. The molecule has 0 spiro atoms. The third-order valence-corrected chi connectivity index (χ3v) is 2.58. The number of aromatic nitrogens is 2. The average molecular weight is 196 g/mol. The molecule has 0 amide bonds. The van der Waals surface area contributed by atoms with E-state index in [0.717, 1.165) is 19.4 Å². The first-order valence-electron chi connectivity index (χ1n) is 5.43. The number of rotatable bonds is 7. The van der Waals surface area contributed by atoms with Gasteiger partial charge in [-0.3, -0.25) is 0 Å². The zero-order valence-electron chi connectivity index (χ0n) is 8.89. The summed E-state index contributed by atoms with van der Waals surface area (Å²) in [5.74, 6) is 0.456. The maximum absolute atomic E-state index is 9.16. The highest BCUT2D eigenvalue weighted by Crippen LogP contribution is 2.12. The van der Waals surface area contributed by atoms with Crippen LogP contribution in [0.4, 0.5) is 0 Å². The van der Waals surface area contributed by atoms with Crippen molar-refractivity contribution in [2.45, 2.75) is 39.2 Å². The second-order valence-electron chi connectivity index (χ2n) is 3.78. The highest BCUT2D eigenvalue weighted by molar-refractivity contribution is 4.74. The largest absolute Gasteiger partial charge is 0.396 e. The Morgan fingerprint density at radius 1 is 1.43 bits per heavy atom. The van der Waals surface area contributed by atoms with Crippen molar-refractivity contribution in [1.82, 2.24) is 9.55 Å². The Labute approximate surface area is 85.8 Å². The number of aliphatic hydroxyl groups is 1. The van der Waals surface area contributed by atoms with Crippen molar-refractivity contribution in [1.29, 1.82) is 0 Å². The molecule has 1 rings (SSSR count). The maximum Gasteiger partial charge on any atom is 0.0945 e. The van der Waals surface area contributed by atoms with Gasteiger partial charge in [0.1, 0.15) is 0 Å². The van der Waals surface area contributed by atoms with E-state index in [2.05, 4.69) is 16.5 Å². The van der Waals surface area contributed by atoms with E-state index in [-0.39, 0.29) is 0 Å². The fraction of sp³-hybridized carbons (Fsp3) is 0.727. The van der Waals surface area contributed by atoms with Crippen LogP contribution in [0.2, 0.25) is 0 Å². The zero-order valence-corrected chi connectivity index (χ0v) is 8.89. The van der Waals surface area contributed by atoms with Gasteiger partial charge in [0.2, 0.25) is 0 Å². The molecule has 0 unspecified atom stereocenters. The Morgan fingerprint density at radius 3 is 2.86 bits per heavy atom. The number of nitrogens with zero attached hydrogens (tertiary/aromatic N) is 2. The Hall–Kier alpha value is -0.830. The van der Waals surface area contributed by atoms with Gasteiger partial charge < -0.3 is 9.67 Å². The minimum absolute atomic E-state index is 0.314. The van der Waals surface area contributed by atoms with E-state index in [1.807, 2.05) is 12.5 Å². The van der Waals surface area contributed by atoms with Gasteiger partial charge in [0.05, 0.1) is 6.33 Å². The molecule has 0 radical (unpaired) electrons. The van der Waals surface area contributed by atoms with Gasteiger partial charge >= 0.3 is 0 Å². The Bertz CT molecular complexity index is 221. The Morgan fingerprint density at radius 2 is 2.29 bits per heavy atom. The van der Waals surface area contributed by atoms with E-state index in [0.29, 0.717) is 12.5 Å². The standard InChI is InChI=1S/C11H20N2O/c1-2-3-4-11(9-14)5-7-13-8-6-12-10-13/h6,8,10-11,14H,2-5,7,9H2,1H3/t11-/m1/s1. The highest BCUT2D eigenvalue weighted by atomic mass is 16.3. The summed E-state index contributed by atoms with van der Waals surface area (Å²) in [5, 5.41) is 9.16. The quantitative estimate of drug-likeness (QED) is 0.725. The predicted octanol–water partition coefficient (Wildman–Crippen LogP) is 2.07. The molecule has 1 aromatic heterocycles. The number of imidazole rings is 1. The van der Waals surface area contributed by atoms with E-state index in [1.165, 1.54) is 12.8 Å². The van der Waals surface area contributed by atoms with Crippen molar-refractivity contribution >= 4 is 0 Å². The smallest absolute Gasteiger partial charge is 0.0945 e. The molecule has 0 saturated carbocycles. The van der Waals surface area contributed by atoms with Crippen molar-refractivity contribution in [3.8, 4) is 0 Å². The lowest BCUT2D eigenvalue weighted by Crippen LogP contribution is -2.09. The number of hydrogen-bond acceptors (Lipinski definition) is 2. The number of aliphatic hydroxyl groups excluding tert-OH is 1. The first-order chi connectivity index (χ1) is 6.86. The lowest BCUT2D eigenvalue weighted by Gasteiger charge is -2.13. The first-order valence-corrected chi connectivity index (χ1v) is 5.43. The molecule has 0 bridgehead atoms. The van der Waals surface area contributed by atoms with Gasteiger partial charge in [-0.25, -0.2) is 4.98 Å². The van der Waals surface area contributed by atoms with Crippen LogP contribution in [-0.2, 0) is 6.54 Å². The molecule has 80 valence electrons. The molecule has 3 heteroatoms. The molecule has 0 fully saturated rings. The van der Waals surface area contributed by atoms with Crippen LogP contribution >= 0.6 is 0 Å². The van der Waals surface area contributed by atoms with Crippen LogP contribution in [0.1, 0.15) is 32.6 Å². The Kier molecular flexibility index (Phi) is 5.30. The summed E-state index contributed by atoms with van der Waals surface area (Å²) >= 11 is 0. The van der Waals surface area contributed by atoms with E-state index in [9.17, 15) is 0 Å². The normalized spacial score (nSPS) is 13.0. The summed E-state index contributed by atoms with van der Waals surface area (Å²) in [4.78, 5) is 3.99. The highest BCUT2D eigenvalue weighted by Gasteiger charge is 2.06. The van der Waals surface area contributed by atoms with Crippen molar-refractivity contribution in [2.24, 2.45) is 5.92 Å². The van der Waals surface area contributed by atoms with E-state index < -0.39 is 0 Å². The number of aryl methyl sites for hydroxylation is 1. The van der Waals surface area contributed by atoms with Crippen LogP contribution < -0.4 is 0 Å². The van der Waals surface area contributed by atoms with Crippen LogP contribution in [-0.4, -0.2) is 21.3 Å². The topological polar surface area (TPSA) is 38.0 Å². The third-order valence-electron chi connectivity index (χ3n) is 2.58. The minimum atomic E-state index is 0.314. The van der Waals surface area contributed by atoms with Crippen molar-refractivity contribution < 1.29 is 5.11 Å². The van der Waals surface area contributed by atoms with Gasteiger partial charge in [-0.05, 0) is 18.8 Å². The molecular weight excluding hydrogens is 176 g/mol. The lowest BCUT2D eigenvalue weighted by molar-refractivity contribution is 0.203. The fourth-order valence-corrected chi connectivity index (χ4v) is 1.57. The molecule has 3 nitrogen and oxygen atoms in total. The van der Waals surface area contributed by atoms with Gasteiger partial charge in [-0.2, -0.15) is 0 Å². The summed E-state index contributed by atoms with van der Waals surface area (Å²) in [6, 6.07) is 0. The summed E-state index contributed by atoms with van der Waals surface area (Å²) in [6.45, 7) is 3.47. The molecule has 1 aromatic rings. The molecule has 0 aliphatic carbocycles. The maximum atomic E-state index is 9.16. The van der Waals surface area contributed by atoms with E-state index in [1.54, 1.807) is 6.20 Å². The van der Waals surface area contributed by atoms with Crippen LogP contribution in [0.5, 0.6) is 0 Å². The predicted molar refractivity (Wildman–Crippen MR) is 56.9 cm³/mol. The van der Waals surface area contributed by atoms with Gasteiger partial charge in [-0.15, -0.1) is 0 Å². The van der Waals surface area contributed by atoms with Crippen LogP contribution in [0.3, 0.4) is 0 Å². The minimum Gasteiger partial charge on any atom is -0.396 e. The molecule has 0 aliphatic heterocycles. The average Bonchev–Trinajstić information content (AvgIpc) is 2.71. The lowest BCUT2D eigenvalue weighted by atomic mass is 9.99. The summed E-state index contributed by atoms with van der Waals surface area (Å²) in [7, 11) is 0. The number of hydrogen-bond donors (Lipinski definition) is 1. The molecule has 14 heavy (non-hydrogen) atoms. The zero-order chi connectivity index (χ0) is 10.2. The molecule has 1 heterocycles. The molecule has 1 N–H and O–H groups in total. The van der Waals surface area contributed by atoms with E-state index >= 15 is 0 Å². The SMILES string of the molecule is CCCC[C@@H](CO)CCn1ccnc1. The van der Waals surface area contributed by atoms with Gasteiger partial charge in [0.25, 0.3) is 0 Å². The van der Waals surface area contributed by atoms with Crippen molar-refractivity contribution in [2.75, 3.05) is 6.61 Å². The van der Waals surface area contributed by atoms with Crippen LogP contribution in [0.15, 0.2) is 18.7 Å². The van der Waals surface area contributed by atoms with Gasteiger partial charge in [-0.1, -0.05) is 19.8 Å². The van der Waals surface area contributed by atoms with Crippen LogP contribution in [0, 0.1) is 5.92 Å². The molecule has 0 aliphatic rings. The first kappa shape index (κ1) is 11.2. The number of unbranched alkanes of at least 4 members (excludes halogenated alkanes) is 1. The third kappa shape index (κ3) is 3.92. The van der Waals surface area contributed by atoms with Gasteiger partial charge in [0, 0.05) is 25.5 Å². The van der Waals surface area contributed by atoms with E-state index in [4.69, 9.17) is 5.11 Å².